The fraction of sp³-hybridized carbons (Fsp3) is 0.375. The third kappa shape index (κ3) is 3.34. The van der Waals surface area contributed by atoms with Gasteiger partial charge in [0.1, 0.15) is 0 Å². The van der Waals surface area contributed by atoms with Crippen LogP contribution in [0.1, 0.15) is 11.8 Å². The molecule has 0 amide bonds. The Balaban J connectivity index is 2.39. The number of ether oxygens (including phenoxy) is 1. The van der Waals surface area contributed by atoms with Crippen molar-refractivity contribution in [1.29, 1.82) is 0 Å². The summed E-state index contributed by atoms with van der Waals surface area (Å²) in [5.41, 5.74) is 0. The third-order valence-corrected chi connectivity index (χ3v) is 2.66. The molecule has 0 bridgehead atoms. The molecule has 0 aliphatic rings. The van der Waals surface area contributed by atoms with Crippen molar-refractivity contribution in [3.05, 3.63) is 21.3 Å². The van der Waals surface area contributed by atoms with Crippen LogP contribution in [0.25, 0.3) is 0 Å². The molecular weight excluding hydrogens is 212 g/mol. The van der Waals surface area contributed by atoms with E-state index in [-0.39, 0.29) is 0 Å². The summed E-state index contributed by atoms with van der Waals surface area (Å²) < 4.78 is 5.74. The van der Waals surface area contributed by atoms with Crippen LogP contribution in [0.2, 0.25) is 4.34 Å². The molecule has 0 spiro atoms. The monoisotopic (exact) mass is 220 g/mol. The molecule has 0 radical (unpaired) electrons. The first kappa shape index (κ1) is 10.5. The van der Waals surface area contributed by atoms with Gasteiger partial charge in [-0.05, 0) is 19.1 Å². The molecule has 72 valence electrons. The first-order valence-electron chi connectivity index (χ1n) is 3.68. The minimum absolute atomic E-state index is 0.296. The highest BCUT2D eigenvalue weighted by atomic mass is 35.5. The van der Waals surface area contributed by atoms with Gasteiger partial charge in [-0.1, -0.05) is 11.6 Å². The molecular formula is C8H9ClO3S. The predicted octanol–water partition coefficient (Wildman–Crippen LogP) is 2.39. The maximum absolute atomic E-state index is 10.4. The van der Waals surface area contributed by atoms with Crippen molar-refractivity contribution in [3.8, 4) is 0 Å². The molecule has 0 aliphatic heterocycles. The van der Waals surface area contributed by atoms with E-state index in [1.165, 1.54) is 18.3 Å². The first-order valence-corrected chi connectivity index (χ1v) is 4.87. The maximum Gasteiger partial charge on any atom is 0.332 e. The summed E-state index contributed by atoms with van der Waals surface area (Å²) >= 11 is 7.07. The lowest BCUT2D eigenvalue weighted by Gasteiger charge is -2.05. The molecule has 1 heterocycles. The van der Waals surface area contributed by atoms with Crippen LogP contribution in [-0.2, 0) is 16.1 Å². The summed E-state index contributed by atoms with van der Waals surface area (Å²) in [6.45, 7) is 1.79. The lowest BCUT2D eigenvalue weighted by molar-refractivity contribution is -0.149. The minimum atomic E-state index is -0.956. The number of halogens is 1. The van der Waals surface area contributed by atoms with Gasteiger partial charge >= 0.3 is 5.97 Å². The number of aliphatic carboxylic acids is 1. The normalized spacial score (nSPS) is 12.8. The van der Waals surface area contributed by atoms with Gasteiger partial charge in [-0.3, -0.25) is 0 Å². The highest BCUT2D eigenvalue weighted by Gasteiger charge is 2.11. The zero-order valence-electron chi connectivity index (χ0n) is 6.99. The van der Waals surface area contributed by atoms with Crippen LogP contribution in [0.5, 0.6) is 0 Å². The fourth-order valence-electron chi connectivity index (χ4n) is 0.708. The van der Waals surface area contributed by atoms with E-state index in [9.17, 15) is 4.79 Å². The first-order chi connectivity index (χ1) is 6.09. The van der Waals surface area contributed by atoms with Crippen LogP contribution in [0, 0.1) is 0 Å². The summed E-state index contributed by atoms with van der Waals surface area (Å²) in [7, 11) is 0. The van der Waals surface area contributed by atoms with E-state index < -0.39 is 12.1 Å². The summed E-state index contributed by atoms with van der Waals surface area (Å²) in [6.07, 6.45) is -0.777. The molecule has 5 heteroatoms. The molecule has 0 saturated carbocycles. The highest BCUT2D eigenvalue weighted by molar-refractivity contribution is 7.16. The molecule has 1 aromatic heterocycles. The van der Waals surface area contributed by atoms with Crippen molar-refractivity contribution in [2.75, 3.05) is 0 Å². The van der Waals surface area contributed by atoms with E-state index >= 15 is 0 Å². The summed E-state index contributed by atoms with van der Waals surface area (Å²) in [5, 5.41) is 8.52. The van der Waals surface area contributed by atoms with E-state index in [1.54, 1.807) is 6.07 Å². The molecule has 0 aromatic carbocycles. The van der Waals surface area contributed by atoms with E-state index in [0.717, 1.165) is 4.88 Å². The average Bonchev–Trinajstić information content (AvgIpc) is 2.47. The Hall–Kier alpha value is -0.580. The summed E-state index contributed by atoms with van der Waals surface area (Å²) in [4.78, 5) is 11.3. The molecule has 0 fully saturated rings. The predicted molar refractivity (Wildman–Crippen MR) is 51.2 cm³/mol. The third-order valence-electron chi connectivity index (χ3n) is 1.45. The molecule has 0 aliphatic carbocycles. The number of hydrogen-bond acceptors (Lipinski definition) is 3. The molecule has 1 atom stereocenters. The number of hydrogen-bond donors (Lipinski definition) is 1. The molecule has 3 nitrogen and oxygen atoms in total. The number of carbonyl (C=O) groups is 1. The van der Waals surface area contributed by atoms with Gasteiger partial charge < -0.3 is 9.84 Å². The SMILES string of the molecule is C[C@@H](OCc1ccc(Cl)s1)C(=O)O. The average molecular weight is 221 g/mol. The second kappa shape index (κ2) is 4.60. The number of thiophene rings is 1. The molecule has 0 unspecified atom stereocenters. The maximum atomic E-state index is 10.4. The Labute approximate surface area is 84.9 Å². The van der Waals surface area contributed by atoms with Crippen LogP contribution >= 0.6 is 22.9 Å². The van der Waals surface area contributed by atoms with Crippen molar-refractivity contribution in [3.63, 3.8) is 0 Å². The van der Waals surface area contributed by atoms with E-state index in [0.29, 0.717) is 10.9 Å². The minimum Gasteiger partial charge on any atom is -0.479 e. The van der Waals surface area contributed by atoms with Gasteiger partial charge in [-0.15, -0.1) is 11.3 Å². The summed E-state index contributed by atoms with van der Waals surface area (Å²) in [6, 6.07) is 3.58. The molecule has 1 rings (SSSR count). The zero-order valence-corrected chi connectivity index (χ0v) is 8.56. The van der Waals surface area contributed by atoms with Gasteiger partial charge in [0.05, 0.1) is 10.9 Å². The van der Waals surface area contributed by atoms with Crippen LogP contribution in [0.4, 0.5) is 0 Å². The molecule has 1 aromatic rings. The van der Waals surface area contributed by atoms with Crippen molar-refractivity contribution >= 4 is 28.9 Å². The Morgan fingerprint density at radius 2 is 2.46 bits per heavy atom. The van der Waals surface area contributed by atoms with Crippen LogP contribution in [0.3, 0.4) is 0 Å². The smallest absolute Gasteiger partial charge is 0.332 e. The van der Waals surface area contributed by atoms with Crippen LogP contribution in [0.15, 0.2) is 12.1 Å². The van der Waals surface area contributed by atoms with Gasteiger partial charge in [0.2, 0.25) is 0 Å². The number of carboxylic acid groups (broad SMARTS) is 1. The van der Waals surface area contributed by atoms with Gasteiger partial charge in [0.25, 0.3) is 0 Å². The highest BCUT2D eigenvalue weighted by Crippen LogP contribution is 2.22. The Kier molecular flexibility index (Phi) is 3.71. The quantitative estimate of drug-likeness (QED) is 0.848. The van der Waals surface area contributed by atoms with E-state index in [4.69, 9.17) is 21.4 Å². The standard InChI is InChI=1S/C8H9ClO3S/c1-5(8(10)11)12-4-6-2-3-7(9)13-6/h2-3,5H,4H2,1H3,(H,10,11)/t5-/m1/s1. The second-order valence-corrected chi connectivity index (χ2v) is 4.30. The molecule has 13 heavy (non-hydrogen) atoms. The van der Waals surface area contributed by atoms with Crippen molar-refractivity contribution in [2.24, 2.45) is 0 Å². The van der Waals surface area contributed by atoms with E-state index in [1.807, 2.05) is 6.07 Å². The lowest BCUT2D eigenvalue weighted by atomic mass is 10.4. The second-order valence-electron chi connectivity index (χ2n) is 2.50. The van der Waals surface area contributed by atoms with Gasteiger partial charge in [-0.2, -0.15) is 0 Å². The topological polar surface area (TPSA) is 46.5 Å². The number of rotatable bonds is 4. The largest absolute Gasteiger partial charge is 0.479 e. The summed E-state index contributed by atoms with van der Waals surface area (Å²) in [5.74, 6) is -0.956. The molecule has 0 saturated heterocycles. The zero-order chi connectivity index (χ0) is 9.84. The van der Waals surface area contributed by atoms with Crippen molar-refractivity contribution in [2.45, 2.75) is 19.6 Å². The Bertz CT molecular complexity index is 297. The van der Waals surface area contributed by atoms with Crippen molar-refractivity contribution < 1.29 is 14.6 Å². The van der Waals surface area contributed by atoms with Crippen LogP contribution in [-0.4, -0.2) is 17.2 Å². The Morgan fingerprint density at radius 1 is 1.77 bits per heavy atom. The fourth-order valence-corrected chi connectivity index (χ4v) is 1.72. The van der Waals surface area contributed by atoms with Crippen LogP contribution < -0.4 is 0 Å². The lowest BCUT2D eigenvalue weighted by Crippen LogP contribution is -2.19. The van der Waals surface area contributed by atoms with Gasteiger partial charge in [0, 0.05) is 4.88 Å². The van der Waals surface area contributed by atoms with E-state index in [2.05, 4.69) is 0 Å². The Morgan fingerprint density at radius 3 is 2.92 bits per heavy atom. The number of carboxylic acids is 1. The van der Waals surface area contributed by atoms with Gasteiger partial charge in [-0.25, -0.2) is 4.79 Å². The van der Waals surface area contributed by atoms with Gasteiger partial charge in [0.15, 0.2) is 6.10 Å². The molecule has 1 N–H and O–H groups in total. The van der Waals surface area contributed by atoms with Crippen molar-refractivity contribution in [1.82, 2.24) is 0 Å².